The van der Waals surface area contributed by atoms with E-state index in [1.165, 1.54) is 19.1 Å². The molecule has 0 aliphatic heterocycles. The number of amides is 1. The molecule has 3 N–H and O–H groups in total. The minimum Gasteiger partial charge on any atom is -0.390 e. The Balaban J connectivity index is 1.82. The van der Waals surface area contributed by atoms with Crippen molar-refractivity contribution in [1.82, 2.24) is 10.6 Å². The van der Waals surface area contributed by atoms with Gasteiger partial charge < -0.3 is 15.7 Å². The summed E-state index contributed by atoms with van der Waals surface area (Å²) in [6, 6.07) is 8.25. The van der Waals surface area contributed by atoms with Crippen molar-refractivity contribution in [2.75, 3.05) is 6.54 Å². The molecular formula is C29H38F2N2O3. The highest BCUT2D eigenvalue weighted by atomic mass is 19.1. The molecule has 2 aromatic rings. The van der Waals surface area contributed by atoms with Gasteiger partial charge in [0.25, 0.3) is 0 Å². The van der Waals surface area contributed by atoms with Crippen molar-refractivity contribution in [2.24, 2.45) is 10.8 Å². The number of aliphatic hydroxyl groups excluding tert-OH is 1. The van der Waals surface area contributed by atoms with Gasteiger partial charge in [0.2, 0.25) is 5.91 Å². The van der Waals surface area contributed by atoms with Gasteiger partial charge >= 0.3 is 0 Å². The molecule has 2 aromatic carbocycles. The number of rotatable bonds is 8. The van der Waals surface area contributed by atoms with Crippen molar-refractivity contribution in [3.05, 3.63) is 70.3 Å². The van der Waals surface area contributed by atoms with Gasteiger partial charge in [0.15, 0.2) is 5.78 Å². The fourth-order valence-electron chi connectivity index (χ4n) is 5.02. The van der Waals surface area contributed by atoms with E-state index in [0.717, 1.165) is 23.6 Å². The van der Waals surface area contributed by atoms with Crippen molar-refractivity contribution in [3.8, 4) is 0 Å². The zero-order valence-electron chi connectivity index (χ0n) is 22.0. The highest BCUT2D eigenvalue weighted by Gasteiger charge is 2.39. The first kappa shape index (κ1) is 27.9. The van der Waals surface area contributed by atoms with Gasteiger partial charge in [-0.2, -0.15) is 0 Å². The average molecular weight is 501 g/mol. The normalized spacial score (nSPS) is 18.9. The highest BCUT2D eigenvalue weighted by Crippen LogP contribution is 2.41. The lowest BCUT2D eigenvalue weighted by Gasteiger charge is -2.37. The number of halogens is 2. The third-order valence-electron chi connectivity index (χ3n) is 6.60. The molecule has 0 radical (unpaired) electrons. The maximum absolute atomic E-state index is 13.7. The van der Waals surface area contributed by atoms with Crippen LogP contribution in [0.15, 0.2) is 36.4 Å². The maximum atomic E-state index is 13.7. The first-order valence-electron chi connectivity index (χ1n) is 12.5. The van der Waals surface area contributed by atoms with Gasteiger partial charge in [0.1, 0.15) is 11.6 Å². The smallest absolute Gasteiger partial charge is 0.217 e. The van der Waals surface area contributed by atoms with Crippen molar-refractivity contribution in [1.29, 1.82) is 0 Å². The molecule has 1 amide bonds. The number of Topliss-reactive ketones (excluding diaryl/α,β-unsaturated/α-hetero) is 1. The molecule has 0 bridgehead atoms. The number of benzene rings is 2. The molecule has 1 aliphatic rings. The van der Waals surface area contributed by atoms with Crippen molar-refractivity contribution < 1.29 is 23.5 Å². The topological polar surface area (TPSA) is 78.4 Å². The van der Waals surface area contributed by atoms with E-state index in [4.69, 9.17) is 0 Å². The lowest BCUT2D eigenvalue weighted by Crippen LogP contribution is -2.49. The third kappa shape index (κ3) is 7.20. The summed E-state index contributed by atoms with van der Waals surface area (Å²) in [5.74, 6) is -1.67. The van der Waals surface area contributed by atoms with Crippen molar-refractivity contribution in [2.45, 2.75) is 79.0 Å². The fraction of sp³-hybridized carbons (Fsp3) is 0.517. The van der Waals surface area contributed by atoms with Gasteiger partial charge in [0, 0.05) is 36.6 Å². The number of hydrogen-bond donors (Lipinski definition) is 3. The molecule has 0 aromatic heterocycles. The van der Waals surface area contributed by atoms with Crippen molar-refractivity contribution in [3.63, 3.8) is 0 Å². The summed E-state index contributed by atoms with van der Waals surface area (Å²) >= 11 is 0. The number of fused-ring (bicyclic) bond motifs is 1. The summed E-state index contributed by atoms with van der Waals surface area (Å²) in [4.78, 5) is 24.9. The van der Waals surface area contributed by atoms with Crippen LogP contribution in [0.4, 0.5) is 8.78 Å². The minimum atomic E-state index is -1.03. The summed E-state index contributed by atoms with van der Waals surface area (Å²) in [6.07, 6.45) is 0.465. The first-order valence-corrected chi connectivity index (χ1v) is 12.5. The van der Waals surface area contributed by atoms with E-state index in [-0.39, 0.29) is 36.1 Å². The van der Waals surface area contributed by atoms with E-state index < -0.39 is 29.2 Å². The summed E-state index contributed by atoms with van der Waals surface area (Å²) in [5, 5.41) is 17.1. The Hall–Kier alpha value is -2.64. The molecule has 0 saturated heterocycles. The fourth-order valence-corrected chi connectivity index (χ4v) is 5.02. The van der Waals surface area contributed by atoms with Gasteiger partial charge in [-0.25, -0.2) is 8.78 Å². The zero-order valence-corrected chi connectivity index (χ0v) is 22.0. The van der Waals surface area contributed by atoms with Crippen LogP contribution in [0, 0.1) is 22.5 Å². The molecule has 196 valence electrons. The van der Waals surface area contributed by atoms with Gasteiger partial charge in [-0.3, -0.25) is 9.59 Å². The van der Waals surface area contributed by atoms with Crippen LogP contribution < -0.4 is 10.6 Å². The number of carbonyl (C=O) groups excluding carboxylic acids is 2. The predicted molar refractivity (Wildman–Crippen MR) is 137 cm³/mol. The van der Waals surface area contributed by atoms with E-state index in [9.17, 15) is 23.5 Å². The quantitative estimate of drug-likeness (QED) is 0.482. The zero-order chi connectivity index (χ0) is 26.8. The maximum Gasteiger partial charge on any atom is 0.217 e. The van der Waals surface area contributed by atoms with Crippen LogP contribution in [0.5, 0.6) is 0 Å². The number of aliphatic hydroxyl groups is 1. The largest absolute Gasteiger partial charge is 0.390 e. The van der Waals surface area contributed by atoms with E-state index in [0.29, 0.717) is 17.5 Å². The van der Waals surface area contributed by atoms with Crippen LogP contribution in [0.1, 0.15) is 81.1 Å². The predicted octanol–water partition coefficient (Wildman–Crippen LogP) is 4.91. The molecule has 5 nitrogen and oxygen atoms in total. The molecule has 0 fully saturated rings. The van der Waals surface area contributed by atoms with Gasteiger partial charge in [-0.1, -0.05) is 52.8 Å². The Labute approximate surface area is 212 Å². The minimum absolute atomic E-state index is 0.0675. The third-order valence-corrected chi connectivity index (χ3v) is 6.60. The second-order valence-corrected chi connectivity index (χ2v) is 11.9. The molecule has 1 unspecified atom stereocenters. The average Bonchev–Trinajstić information content (AvgIpc) is 2.72. The van der Waals surface area contributed by atoms with Crippen LogP contribution in [-0.4, -0.2) is 35.5 Å². The monoisotopic (exact) mass is 500 g/mol. The van der Waals surface area contributed by atoms with Crippen LogP contribution >= 0.6 is 0 Å². The molecule has 1 aliphatic carbocycles. The molecule has 3 rings (SSSR count). The SMILES string of the molecule is CC(=O)NC(Cc1cc(F)cc(F)c1)[C@H](O)CN[C@H]1CC(C)(C)C(=O)c2ccc(CC(C)(C)C)cc21. The van der Waals surface area contributed by atoms with E-state index >= 15 is 0 Å². The van der Waals surface area contributed by atoms with Crippen LogP contribution in [0.25, 0.3) is 0 Å². The van der Waals surface area contributed by atoms with Gasteiger partial charge in [-0.15, -0.1) is 0 Å². The summed E-state index contributed by atoms with van der Waals surface area (Å²) in [6.45, 7) is 11.8. The summed E-state index contributed by atoms with van der Waals surface area (Å²) < 4.78 is 27.4. The molecule has 0 spiro atoms. The Morgan fingerprint density at radius 3 is 2.33 bits per heavy atom. The molecular weight excluding hydrogens is 462 g/mol. The second kappa shape index (κ2) is 10.8. The van der Waals surface area contributed by atoms with Crippen molar-refractivity contribution >= 4 is 11.7 Å². The molecule has 0 heterocycles. The van der Waals surface area contributed by atoms with Crippen LogP contribution in [0.3, 0.4) is 0 Å². The molecule has 0 saturated carbocycles. The number of ketones is 1. The lowest BCUT2D eigenvalue weighted by atomic mass is 9.70. The van der Waals surface area contributed by atoms with Gasteiger partial charge in [0.05, 0.1) is 12.1 Å². The Morgan fingerprint density at radius 1 is 1.11 bits per heavy atom. The van der Waals surface area contributed by atoms with E-state index in [1.54, 1.807) is 0 Å². The second-order valence-electron chi connectivity index (χ2n) is 11.9. The summed E-state index contributed by atoms with van der Waals surface area (Å²) in [5.41, 5.74) is 2.60. The van der Waals surface area contributed by atoms with E-state index in [1.807, 2.05) is 26.0 Å². The summed E-state index contributed by atoms with van der Waals surface area (Å²) in [7, 11) is 0. The van der Waals surface area contributed by atoms with Gasteiger partial charge in [-0.05, 0) is 53.5 Å². The Morgan fingerprint density at radius 2 is 1.75 bits per heavy atom. The molecule has 7 heteroatoms. The number of carbonyl (C=O) groups is 2. The number of nitrogens with one attached hydrogen (secondary N) is 2. The molecule has 3 atom stereocenters. The standard InChI is InChI=1S/C29H38F2N2O3/c1-17(34)33-24(12-19-9-20(30)13-21(31)10-19)26(35)16-32-25-15-29(5,6)27(36)22-8-7-18(11-23(22)25)14-28(2,3)4/h7-11,13,24-26,32,35H,12,14-16H2,1-6H3,(H,33,34)/t24?,25-,26+/m0/s1. The lowest BCUT2D eigenvalue weighted by molar-refractivity contribution is -0.120. The van der Waals surface area contributed by atoms with E-state index in [2.05, 4.69) is 37.5 Å². The highest BCUT2D eigenvalue weighted by molar-refractivity contribution is 6.02. The molecule has 36 heavy (non-hydrogen) atoms. The number of hydrogen-bond acceptors (Lipinski definition) is 4. The Bertz CT molecular complexity index is 1100. The van der Waals surface area contributed by atoms with Crippen LogP contribution in [0.2, 0.25) is 0 Å². The van der Waals surface area contributed by atoms with Crippen LogP contribution in [-0.2, 0) is 17.6 Å². The Kier molecular flexibility index (Phi) is 8.36. The first-order chi connectivity index (χ1) is 16.6.